The van der Waals surface area contributed by atoms with Crippen LogP contribution < -0.4 is 0 Å². The summed E-state index contributed by atoms with van der Waals surface area (Å²) in [5.74, 6) is -2.62. The molecule has 1 saturated carbocycles. The smallest absolute Gasteiger partial charge is 0.338 e. The van der Waals surface area contributed by atoms with Gasteiger partial charge in [-0.05, 0) is 12.8 Å². The number of aliphatic carboxylic acids is 2. The molecular formula is C11H12NO4W-. The van der Waals surface area contributed by atoms with E-state index in [4.69, 9.17) is 10.2 Å². The van der Waals surface area contributed by atoms with Crippen molar-refractivity contribution in [2.75, 3.05) is 0 Å². The standard InChI is InChI=1S/C11H12NO4.W/c1-5-8(10(13)14)9(11(15)16)6-3-2-4-7(6)12-5;/h4,6-7H,2-3H2,1H3,(H,13,14)(H,15,16);/q-1;. The summed E-state index contributed by atoms with van der Waals surface area (Å²) in [6.45, 7) is 1.55. The number of fused-ring (bicyclic) bond motifs is 1. The molecule has 1 aliphatic heterocycles. The summed E-state index contributed by atoms with van der Waals surface area (Å²) in [6.07, 6.45) is 3.41. The molecule has 1 fully saturated rings. The third-order valence-electron chi connectivity index (χ3n) is 3.09. The van der Waals surface area contributed by atoms with Crippen LogP contribution in [0.3, 0.4) is 0 Å². The van der Waals surface area contributed by atoms with Gasteiger partial charge in [0, 0.05) is 26.8 Å². The summed E-state index contributed by atoms with van der Waals surface area (Å²) >= 11 is 0. The maximum absolute atomic E-state index is 11.2. The van der Waals surface area contributed by atoms with Crippen LogP contribution in [0, 0.1) is 12.3 Å². The van der Waals surface area contributed by atoms with E-state index in [0.717, 1.165) is 6.42 Å². The van der Waals surface area contributed by atoms with Crippen LogP contribution in [0.1, 0.15) is 19.8 Å². The molecule has 0 radical (unpaired) electrons. The van der Waals surface area contributed by atoms with Crippen LogP contribution in [0.5, 0.6) is 0 Å². The molecule has 5 nitrogen and oxygen atoms in total. The predicted octanol–water partition coefficient (Wildman–Crippen LogP) is 0.907. The first-order valence-corrected chi connectivity index (χ1v) is 5.11. The third-order valence-corrected chi connectivity index (χ3v) is 3.09. The van der Waals surface area contributed by atoms with Crippen LogP contribution in [-0.2, 0) is 30.7 Å². The number of carboxylic acids is 2. The van der Waals surface area contributed by atoms with Gasteiger partial charge in [0.15, 0.2) is 0 Å². The van der Waals surface area contributed by atoms with Crippen molar-refractivity contribution in [1.82, 2.24) is 0 Å². The Labute approximate surface area is 113 Å². The monoisotopic (exact) mass is 406 g/mol. The van der Waals surface area contributed by atoms with Gasteiger partial charge in [-0.3, -0.25) is 0 Å². The number of hydrogen-bond acceptors (Lipinski definition) is 3. The van der Waals surface area contributed by atoms with Crippen LogP contribution in [0.2, 0.25) is 0 Å². The maximum Gasteiger partial charge on any atom is 0.338 e. The maximum atomic E-state index is 11.2. The SMILES string of the molecule is CC1=NC2[CH-]CCC2C(C(=O)O)=C1C(=O)O.[W]. The van der Waals surface area contributed by atoms with E-state index in [0.29, 0.717) is 12.1 Å². The molecule has 1 heterocycles. The number of hydrogen-bond donors (Lipinski definition) is 2. The Hall–Kier alpha value is -0.962. The first kappa shape index (κ1) is 14.1. The van der Waals surface area contributed by atoms with Crippen LogP contribution in [-0.4, -0.2) is 33.9 Å². The summed E-state index contributed by atoms with van der Waals surface area (Å²) in [5, 5.41) is 18.2. The van der Waals surface area contributed by atoms with Gasteiger partial charge in [0.1, 0.15) is 0 Å². The molecule has 0 aromatic rings. The molecular weight excluding hydrogens is 394 g/mol. The van der Waals surface area contributed by atoms with Gasteiger partial charge in [0.2, 0.25) is 0 Å². The molecule has 0 saturated heterocycles. The number of carbonyl (C=O) groups is 2. The molecule has 0 aromatic heterocycles. The van der Waals surface area contributed by atoms with E-state index in [1.54, 1.807) is 6.92 Å². The van der Waals surface area contributed by atoms with Crippen molar-refractivity contribution in [1.29, 1.82) is 0 Å². The van der Waals surface area contributed by atoms with Gasteiger partial charge in [0.05, 0.1) is 11.1 Å². The molecule has 1 aliphatic carbocycles. The van der Waals surface area contributed by atoms with Crippen molar-refractivity contribution in [3.63, 3.8) is 0 Å². The first-order valence-electron chi connectivity index (χ1n) is 5.11. The number of rotatable bonds is 2. The first-order chi connectivity index (χ1) is 7.52. The van der Waals surface area contributed by atoms with Crippen molar-refractivity contribution < 1.29 is 40.9 Å². The molecule has 2 atom stereocenters. The quantitative estimate of drug-likeness (QED) is 0.668. The molecule has 2 N–H and O–H groups in total. The zero-order valence-corrected chi connectivity index (χ0v) is 12.1. The van der Waals surface area contributed by atoms with Gasteiger partial charge in [-0.25, -0.2) is 9.59 Å². The zero-order chi connectivity index (χ0) is 11.9. The average molecular weight is 406 g/mol. The largest absolute Gasteiger partial charge is 0.478 e. The molecule has 0 aromatic carbocycles. The summed E-state index contributed by atoms with van der Waals surface area (Å²) < 4.78 is 0. The summed E-state index contributed by atoms with van der Waals surface area (Å²) in [6, 6.07) is -0.158. The van der Waals surface area contributed by atoms with E-state index in [-0.39, 0.29) is 44.2 Å². The van der Waals surface area contributed by atoms with E-state index >= 15 is 0 Å². The van der Waals surface area contributed by atoms with Crippen molar-refractivity contribution in [3.8, 4) is 0 Å². The number of carboxylic acid groups (broad SMARTS) is 2. The average Bonchev–Trinajstić information content (AvgIpc) is 2.61. The van der Waals surface area contributed by atoms with E-state index in [1.165, 1.54) is 0 Å². The summed E-state index contributed by atoms with van der Waals surface area (Å²) in [5.41, 5.74) is 0.187. The molecule has 2 rings (SSSR count). The second-order valence-electron chi connectivity index (χ2n) is 4.02. The van der Waals surface area contributed by atoms with Gasteiger partial charge in [-0.1, -0.05) is 12.5 Å². The minimum atomic E-state index is -1.20. The van der Waals surface area contributed by atoms with Crippen LogP contribution in [0.15, 0.2) is 16.1 Å². The molecule has 0 bridgehead atoms. The Morgan fingerprint density at radius 3 is 2.53 bits per heavy atom. The van der Waals surface area contributed by atoms with Crippen LogP contribution in [0.25, 0.3) is 0 Å². The summed E-state index contributed by atoms with van der Waals surface area (Å²) in [7, 11) is 0. The van der Waals surface area contributed by atoms with Crippen LogP contribution >= 0.6 is 0 Å². The fraction of sp³-hybridized carbons (Fsp3) is 0.455. The fourth-order valence-electron chi connectivity index (χ4n) is 2.44. The molecule has 0 spiro atoms. The number of aliphatic imine (C=N–C) groups is 1. The third kappa shape index (κ3) is 2.34. The Morgan fingerprint density at radius 1 is 1.35 bits per heavy atom. The minimum Gasteiger partial charge on any atom is -0.478 e. The molecule has 92 valence electrons. The van der Waals surface area contributed by atoms with E-state index in [2.05, 4.69) is 4.99 Å². The van der Waals surface area contributed by atoms with Crippen molar-refractivity contribution in [3.05, 3.63) is 17.6 Å². The second kappa shape index (κ2) is 5.13. The topological polar surface area (TPSA) is 87.0 Å². The number of nitrogens with zero attached hydrogens (tertiary/aromatic N) is 1. The molecule has 0 amide bonds. The van der Waals surface area contributed by atoms with Gasteiger partial charge in [-0.2, -0.15) is 6.42 Å². The van der Waals surface area contributed by atoms with Crippen molar-refractivity contribution in [2.24, 2.45) is 10.9 Å². The van der Waals surface area contributed by atoms with E-state index in [9.17, 15) is 9.59 Å². The number of dihydropyridines is 1. The Bertz CT molecular complexity index is 427. The van der Waals surface area contributed by atoms with E-state index in [1.807, 2.05) is 6.42 Å². The Balaban J connectivity index is 0.00000144. The van der Waals surface area contributed by atoms with Crippen LogP contribution in [0.4, 0.5) is 0 Å². The fourth-order valence-corrected chi connectivity index (χ4v) is 2.44. The van der Waals surface area contributed by atoms with Gasteiger partial charge in [-0.15, -0.1) is 0 Å². The summed E-state index contributed by atoms with van der Waals surface area (Å²) in [4.78, 5) is 26.5. The molecule has 6 heteroatoms. The normalized spacial score (nSPS) is 27.0. The predicted molar refractivity (Wildman–Crippen MR) is 56.2 cm³/mol. The van der Waals surface area contributed by atoms with Gasteiger partial charge in [0.25, 0.3) is 0 Å². The van der Waals surface area contributed by atoms with E-state index < -0.39 is 11.9 Å². The Kier molecular flexibility index (Phi) is 4.25. The molecule has 2 aliphatic rings. The molecule has 2 unspecified atom stereocenters. The molecule has 17 heavy (non-hydrogen) atoms. The van der Waals surface area contributed by atoms with Gasteiger partial charge < -0.3 is 21.6 Å². The second-order valence-corrected chi connectivity index (χ2v) is 4.02. The van der Waals surface area contributed by atoms with Crippen molar-refractivity contribution >= 4 is 17.7 Å². The minimum absolute atomic E-state index is 0. The van der Waals surface area contributed by atoms with Gasteiger partial charge >= 0.3 is 11.9 Å². The van der Waals surface area contributed by atoms with Crippen molar-refractivity contribution in [2.45, 2.75) is 25.8 Å². The Morgan fingerprint density at radius 2 is 2.00 bits per heavy atom. The zero-order valence-electron chi connectivity index (χ0n) is 9.21.